The molecule has 4 aromatic rings. The van der Waals surface area contributed by atoms with E-state index in [1.165, 1.54) is 4.68 Å². The molecule has 0 saturated carbocycles. The molecular weight excluding hydrogens is 442 g/mol. The van der Waals surface area contributed by atoms with Gasteiger partial charge in [-0.05, 0) is 63.4 Å². The fraction of sp³-hybridized carbons (Fsp3) is 0.333. The van der Waals surface area contributed by atoms with Crippen LogP contribution in [0.2, 0.25) is 0 Å². The third-order valence-electron chi connectivity index (χ3n) is 6.07. The second-order valence-corrected chi connectivity index (χ2v) is 8.43. The third kappa shape index (κ3) is 4.96. The van der Waals surface area contributed by atoms with E-state index in [0.29, 0.717) is 42.6 Å². The number of aromatic nitrogens is 4. The van der Waals surface area contributed by atoms with Gasteiger partial charge in [0.1, 0.15) is 17.3 Å². The van der Waals surface area contributed by atoms with Crippen molar-refractivity contribution < 1.29 is 9.53 Å². The number of hydrogen-bond donors (Lipinski definition) is 1. The van der Waals surface area contributed by atoms with E-state index in [2.05, 4.69) is 15.5 Å². The molecule has 0 aliphatic rings. The molecule has 35 heavy (non-hydrogen) atoms. The van der Waals surface area contributed by atoms with Crippen molar-refractivity contribution in [1.82, 2.24) is 24.9 Å². The smallest absolute Gasteiger partial charge is 0.278 e. The quantitative estimate of drug-likeness (QED) is 0.398. The standard InChI is InChI=1S/C27H31N5O3/c1-5-23(26(33)28-17-16-20-12-14-22(15-13-20)35-6-2)32-27(34)24-19(4)31(21-10-8-7-9-11-21)30-25(24)18(3)29-32/h7-15,23H,5-6,16-17H2,1-4H3,(H,28,33)/t23-/m1/s1. The Morgan fingerprint density at radius 1 is 1.03 bits per heavy atom. The summed E-state index contributed by atoms with van der Waals surface area (Å²) in [5.41, 5.74) is 3.54. The molecule has 2 aromatic carbocycles. The molecule has 0 aliphatic heterocycles. The summed E-state index contributed by atoms with van der Waals surface area (Å²) >= 11 is 0. The van der Waals surface area contributed by atoms with E-state index in [0.717, 1.165) is 22.7 Å². The highest BCUT2D eigenvalue weighted by Crippen LogP contribution is 2.21. The molecule has 2 heterocycles. The summed E-state index contributed by atoms with van der Waals surface area (Å²) in [5.74, 6) is 0.605. The Bertz CT molecular complexity index is 1370. The highest BCUT2D eigenvalue weighted by Gasteiger charge is 2.25. The van der Waals surface area contributed by atoms with Crippen molar-refractivity contribution in [1.29, 1.82) is 0 Å². The Balaban J connectivity index is 1.55. The van der Waals surface area contributed by atoms with Crippen molar-refractivity contribution in [3.63, 3.8) is 0 Å². The highest BCUT2D eigenvalue weighted by molar-refractivity contribution is 5.84. The predicted molar refractivity (Wildman–Crippen MR) is 136 cm³/mol. The van der Waals surface area contributed by atoms with E-state index in [9.17, 15) is 9.59 Å². The molecule has 1 atom stereocenters. The van der Waals surface area contributed by atoms with Crippen LogP contribution < -0.4 is 15.6 Å². The van der Waals surface area contributed by atoms with Crippen molar-refractivity contribution >= 4 is 16.8 Å². The molecule has 0 fully saturated rings. The number of aryl methyl sites for hydroxylation is 2. The fourth-order valence-corrected chi connectivity index (χ4v) is 4.25. The summed E-state index contributed by atoms with van der Waals surface area (Å²) in [5, 5.41) is 12.6. The largest absolute Gasteiger partial charge is 0.494 e. The Labute approximate surface area is 204 Å². The number of fused-ring (bicyclic) bond motifs is 1. The second kappa shape index (κ2) is 10.5. The highest BCUT2D eigenvalue weighted by atomic mass is 16.5. The number of ether oxygens (including phenoxy) is 1. The van der Waals surface area contributed by atoms with Crippen LogP contribution in [0.15, 0.2) is 59.4 Å². The van der Waals surface area contributed by atoms with E-state index in [1.807, 2.05) is 82.3 Å². The van der Waals surface area contributed by atoms with Crippen molar-refractivity contribution in [2.24, 2.45) is 0 Å². The number of hydrogen-bond acceptors (Lipinski definition) is 5. The van der Waals surface area contributed by atoms with Gasteiger partial charge in [-0.1, -0.05) is 37.3 Å². The number of para-hydroxylation sites is 1. The zero-order valence-corrected chi connectivity index (χ0v) is 20.6. The van der Waals surface area contributed by atoms with Crippen molar-refractivity contribution in [3.05, 3.63) is 81.9 Å². The van der Waals surface area contributed by atoms with Gasteiger partial charge < -0.3 is 10.1 Å². The number of rotatable bonds is 9. The predicted octanol–water partition coefficient (Wildman–Crippen LogP) is 3.91. The topological polar surface area (TPSA) is 91.0 Å². The zero-order chi connectivity index (χ0) is 24.9. The van der Waals surface area contributed by atoms with Crippen molar-refractivity contribution in [2.75, 3.05) is 13.2 Å². The van der Waals surface area contributed by atoms with Gasteiger partial charge in [0.2, 0.25) is 5.91 Å². The summed E-state index contributed by atoms with van der Waals surface area (Å²) in [7, 11) is 0. The average Bonchev–Trinajstić information content (AvgIpc) is 3.22. The molecule has 0 unspecified atom stereocenters. The lowest BCUT2D eigenvalue weighted by atomic mass is 10.1. The van der Waals surface area contributed by atoms with Gasteiger partial charge in [0.25, 0.3) is 5.56 Å². The summed E-state index contributed by atoms with van der Waals surface area (Å²) in [6, 6.07) is 16.8. The van der Waals surface area contributed by atoms with Crippen molar-refractivity contribution in [2.45, 2.75) is 46.6 Å². The van der Waals surface area contributed by atoms with E-state index < -0.39 is 6.04 Å². The Morgan fingerprint density at radius 3 is 2.40 bits per heavy atom. The van der Waals surface area contributed by atoms with Gasteiger partial charge in [-0.15, -0.1) is 0 Å². The third-order valence-corrected chi connectivity index (χ3v) is 6.07. The van der Waals surface area contributed by atoms with Crippen LogP contribution in [-0.4, -0.2) is 38.6 Å². The summed E-state index contributed by atoms with van der Waals surface area (Å²) in [6.45, 7) is 8.60. The van der Waals surface area contributed by atoms with Gasteiger partial charge in [-0.25, -0.2) is 9.36 Å². The van der Waals surface area contributed by atoms with Gasteiger partial charge >= 0.3 is 0 Å². The maximum absolute atomic E-state index is 13.5. The lowest BCUT2D eigenvalue weighted by Crippen LogP contribution is -2.39. The van der Waals surface area contributed by atoms with Crippen LogP contribution in [0.5, 0.6) is 5.75 Å². The monoisotopic (exact) mass is 473 g/mol. The first-order valence-corrected chi connectivity index (χ1v) is 12.0. The average molecular weight is 474 g/mol. The molecule has 0 saturated heterocycles. The summed E-state index contributed by atoms with van der Waals surface area (Å²) < 4.78 is 8.54. The van der Waals surface area contributed by atoms with Gasteiger partial charge in [-0.3, -0.25) is 9.59 Å². The van der Waals surface area contributed by atoms with Gasteiger partial charge in [0.05, 0.1) is 29.1 Å². The molecule has 8 heteroatoms. The van der Waals surface area contributed by atoms with Crippen LogP contribution in [0.3, 0.4) is 0 Å². The SMILES string of the molecule is CCOc1ccc(CCNC(=O)[C@@H](CC)n2nc(C)c3nn(-c4ccccc4)c(C)c3c2=O)cc1. The molecular formula is C27H31N5O3. The van der Waals surface area contributed by atoms with Gasteiger partial charge in [-0.2, -0.15) is 10.2 Å². The van der Waals surface area contributed by atoms with Crippen LogP contribution in [0.4, 0.5) is 0 Å². The maximum atomic E-state index is 13.5. The van der Waals surface area contributed by atoms with E-state index >= 15 is 0 Å². The first-order valence-electron chi connectivity index (χ1n) is 12.0. The van der Waals surface area contributed by atoms with E-state index in [4.69, 9.17) is 4.74 Å². The molecule has 0 bridgehead atoms. The molecule has 0 aliphatic carbocycles. The lowest BCUT2D eigenvalue weighted by molar-refractivity contribution is -0.124. The molecule has 8 nitrogen and oxygen atoms in total. The molecule has 0 radical (unpaired) electrons. The zero-order valence-electron chi connectivity index (χ0n) is 20.6. The van der Waals surface area contributed by atoms with Crippen LogP contribution in [0.25, 0.3) is 16.6 Å². The minimum atomic E-state index is -0.703. The van der Waals surface area contributed by atoms with Gasteiger partial charge in [0.15, 0.2) is 0 Å². The number of nitrogens with one attached hydrogen (secondary N) is 1. The normalized spacial score (nSPS) is 12.0. The van der Waals surface area contributed by atoms with Crippen LogP contribution in [0, 0.1) is 13.8 Å². The number of amides is 1. The fourth-order valence-electron chi connectivity index (χ4n) is 4.25. The Morgan fingerprint density at radius 2 is 1.74 bits per heavy atom. The van der Waals surface area contributed by atoms with Crippen molar-refractivity contribution in [3.8, 4) is 11.4 Å². The maximum Gasteiger partial charge on any atom is 0.278 e. The lowest BCUT2D eigenvalue weighted by Gasteiger charge is -2.17. The molecule has 1 amide bonds. The van der Waals surface area contributed by atoms with Crippen LogP contribution in [0.1, 0.15) is 43.3 Å². The minimum absolute atomic E-state index is 0.222. The van der Waals surface area contributed by atoms with E-state index in [-0.39, 0.29) is 11.5 Å². The number of benzene rings is 2. The Kier molecular flexibility index (Phi) is 7.29. The Hall–Kier alpha value is -3.94. The molecule has 4 rings (SSSR count). The summed E-state index contributed by atoms with van der Waals surface area (Å²) in [4.78, 5) is 26.6. The van der Waals surface area contributed by atoms with Crippen LogP contribution >= 0.6 is 0 Å². The van der Waals surface area contributed by atoms with Gasteiger partial charge in [0, 0.05) is 6.54 Å². The number of carbonyl (C=O) groups excluding carboxylic acids is 1. The molecule has 0 spiro atoms. The minimum Gasteiger partial charge on any atom is -0.494 e. The van der Waals surface area contributed by atoms with E-state index in [1.54, 1.807) is 4.68 Å². The molecule has 182 valence electrons. The number of nitrogens with zero attached hydrogens (tertiary/aromatic N) is 4. The second-order valence-electron chi connectivity index (χ2n) is 8.43. The first kappa shape index (κ1) is 24.2. The van der Waals surface area contributed by atoms with Crippen LogP contribution in [-0.2, 0) is 11.2 Å². The summed E-state index contributed by atoms with van der Waals surface area (Å²) in [6.07, 6.45) is 1.12. The molecule has 2 aromatic heterocycles. The number of carbonyl (C=O) groups is 1. The first-order chi connectivity index (χ1) is 16.9. The molecule has 1 N–H and O–H groups in total.